The van der Waals surface area contributed by atoms with Gasteiger partial charge in [0.25, 0.3) is 0 Å². The molecule has 1 aliphatic rings. The Morgan fingerprint density at radius 3 is 2.64 bits per heavy atom. The van der Waals surface area contributed by atoms with E-state index < -0.39 is 11.4 Å². The van der Waals surface area contributed by atoms with Crippen molar-refractivity contribution in [2.24, 2.45) is 5.73 Å². The molecule has 1 fully saturated rings. The van der Waals surface area contributed by atoms with Crippen molar-refractivity contribution in [1.82, 2.24) is 15.5 Å². The molecule has 3 rings (SSSR count). The van der Waals surface area contributed by atoms with Crippen LogP contribution in [0.3, 0.4) is 0 Å². The van der Waals surface area contributed by atoms with Crippen LogP contribution in [0.2, 0.25) is 0 Å². The molecule has 0 atom stereocenters. The van der Waals surface area contributed by atoms with Gasteiger partial charge in [-0.2, -0.15) is 4.98 Å². The zero-order valence-corrected chi connectivity index (χ0v) is 12.5. The molecule has 1 aromatic heterocycles. The van der Waals surface area contributed by atoms with Crippen molar-refractivity contribution in [2.75, 3.05) is 0 Å². The van der Waals surface area contributed by atoms with Crippen LogP contribution in [0, 0.1) is 5.82 Å². The van der Waals surface area contributed by atoms with E-state index in [0.717, 1.165) is 24.8 Å². The SMILES string of the molecule is Cl.NC1(c2noc(C(=O)NCc3ccc(F)cc3)n2)CCC1. The molecule has 0 radical (unpaired) electrons. The molecular weight excluding hydrogens is 311 g/mol. The number of nitrogens with one attached hydrogen (secondary N) is 1. The van der Waals surface area contributed by atoms with E-state index in [1.54, 1.807) is 12.1 Å². The number of aromatic nitrogens is 2. The largest absolute Gasteiger partial charge is 0.344 e. The summed E-state index contributed by atoms with van der Waals surface area (Å²) in [5, 5.41) is 6.41. The van der Waals surface area contributed by atoms with Gasteiger partial charge in [-0.3, -0.25) is 4.79 Å². The highest BCUT2D eigenvalue weighted by Crippen LogP contribution is 2.36. The lowest BCUT2D eigenvalue weighted by atomic mass is 9.77. The summed E-state index contributed by atoms with van der Waals surface area (Å²) in [6, 6.07) is 5.86. The molecule has 118 valence electrons. The van der Waals surface area contributed by atoms with Gasteiger partial charge in [0.15, 0.2) is 5.82 Å². The van der Waals surface area contributed by atoms with Crippen molar-refractivity contribution >= 4 is 18.3 Å². The van der Waals surface area contributed by atoms with Gasteiger partial charge >= 0.3 is 11.8 Å². The van der Waals surface area contributed by atoms with Gasteiger partial charge in [-0.25, -0.2) is 4.39 Å². The highest BCUT2D eigenvalue weighted by atomic mass is 35.5. The lowest BCUT2D eigenvalue weighted by molar-refractivity contribution is 0.0907. The van der Waals surface area contributed by atoms with E-state index in [0.29, 0.717) is 5.82 Å². The molecule has 0 bridgehead atoms. The second-order valence-electron chi connectivity index (χ2n) is 5.24. The number of nitrogens with zero attached hydrogens (tertiary/aromatic N) is 2. The van der Waals surface area contributed by atoms with Crippen molar-refractivity contribution in [3.63, 3.8) is 0 Å². The molecular formula is C14H16ClFN4O2. The predicted molar refractivity (Wildman–Crippen MR) is 78.8 cm³/mol. The molecule has 1 heterocycles. The molecule has 1 saturated carbocycles. The van der Waals surface area contributed by atoms with E-state index in [9.17, 15) is 9.18 Å². The van der Waals surface area contributed by atoms with Crippen molar-refractivity contribution in [2.45, 2.75) is 31.3 Å². The van der Waals surface area contributed by atoms with Crippen LogP contribution < -0.4 is 11.1 Å². The van der Waals surface area contributed by atoms with Crippen LogP contribution in [-0.2, 0) is 12.1 Å². The second-order valence-corrected chi connectivity index (χ2v) is 5.24. The van der Waals surface area contributed by atoms with E-state index in [2.05, 4.69) is 15.5 Å². The summed E-state index contributed by atoms with van der Waals surface area (Å²) in [6.07, 6.45) is 2.61. The summed E-state index contributed by atoms with van der Waals surface area (Å²) in [4.78, 5) is 16.0. The molecule has 0 spiro atoms. The Kier molecular flexibility index (Phi) is 4.77. The molecule has 1 aliphatic carbocycles. The molecule has 0 unspecified atom stereocenters. The number of halogens is 2. The molecule has 3 N–H and O–H groups in total. The van der Waals surface area contributed by atoms with Gasteiger partial charge in [0, 0.05) is 6.54 Å². The summed E-state index contributed by atoms with van der Waals surface area (Å²) < 4.78 is 17.7. The molecule has 22 heavy (non-hydrogen) atoms. The molecule has 6 nitrogen and oxygen atoms in total. The van der Waals surface area contributed by atoms with Crippen molar-refractivity contribution in [3.05, 3.63) is 47.4 Å². The van der Waals surface area contributed by atoms with Gasteiger partial charge in [0.1, 0.15) is 5.82 Å². The minimum absolute atomic E-state index is 0. The fraction of sp³-hybridized carbons (Fsp3) is 0.357. The Balaban J connectivity index is 0.00000176. The Morgan fingerprint density at radius 1 is 1.36 bits per heavy atom. The summed E-state index contributed by atoms with van der Waals surface area (Å²) in [6.45, 7) is 0.255. The summed E-state index contributed by atoms with van der Waals surface area (Å²) >= 11 is 0. The maximum absolute atomic E-state index is 12.8. The van der Waals surface area contributed by atoms with Gasteiger partial charge in [0.05, 0.1) is 5.54 Å². The predicted octanol–water partition coefficient (Wildman–Crippen LogP) is 1.90. The first-order valence-corrected chi connectivity index (χ1v) is 6.72. The first-order valence-electron chi connectivity index (χ1n) is 6.72. The topological polar surface area (TPSA) is 94.0 Å². The number of hydrogen-bond acceptors (Lipinski definition) is 5. The number of nitrogens with two attached hydrogens (primary N) is 1. The third-order valence-corrected chi connectivity index (χ3v) is 3.68. The summed E-state index contributed by atoms with van der Waals surface area (Å²) in [7, 11) is 0. The van der Waals surface area contributed by atoms with E-state index in [-0.39, 0.29) is 30.7 Å². The van der Waals surface area contributed by atoms with Crippen LogP contribution in [0.5, 0.6) is 0 Å². The van der Waals surface area contributed by atoms with Gasteiger partial charge in [-0.15, -0.1) is 12.4 Å². The number of carbonyl (C=O) groups excluding carboxylic acids is 1. The maximum atomic E-state index is 12.8. The number of benzene rings is 1. The van der Waals surface area contributed by atoms with E-state index in [1.165, 1.54) is 12.1 Å². The van der Waals surface area contributed by atoms with Gasteiger partial charge in [-0.1, -0.05) is 17.3 Å². The average Bonchev–Trinajstić information content (AvgIpc) is 2.94. The van der Waals surface area contributed by atoms with Gasteiger partial charge < -0.3 is 15.6 Å². The molecule has 8 heteroatoms. The fourth-order valence-corrected chi connectivity index (χ4v) is 2.16. The lowest BCUT2D eigenvalue weighted by Gasteiger charge is -2.34. The van der Waals surface area contributed by atoms with Crippen LogP contribution in [0.15, 0.2) is 28.8 Å². The number of hydrogen-bond donors (Lipinski definition) is 2. The molecule has 1 aromatic carbocycles. The average molecular weight is 327 g/mol. The number of amides is 1. The van der Waals surface area contributed by atoms with Crippen molar-refractivity contribution in [3.8, 4) is 0 Å². The normalized spacial score (nSPS) is 15.5. The monoisotopic (exact) mass is 326 g/mol. The third-order valence-electron chi connectivity index (χ3n) is 3.68. The first-order chi connectivity index (χ1) is 10.1. The zero-order valence-electron chi connectivity index (χ0n) is 11.7. The van der Waals surface area contributed by atoms with Crippen LogP contribution in [0.4, 0.5) is 4.39 Å². The number of rotatable bonds is 4. The van der Waals surface area contributed by atoms with Crippen LogP contribution in [-0.4, -0.2) is 16.0 Å². The Morgan fingerprint density at radius 2 is 2.05 bits per heavy atom. The summed E-state index contributed by atoms with van der Waals surface area (Å²) in [5.41, 5.74) is 6.28. The highest BCUT2D eigenvalue weighted by molar-refractivity contribution is 5.89. The Bertz CT molecular complexity index is 655. The van der Waals surface area contributed by atoms with Gasteiger partial charge in [0.2, 0.25) is 0 Å². The number of carbonyl (C=O) groups is 1. The quantitative estimate of drug-likeness (QED) is 0.895. The molecule has 0 saturated heterocycles. The van der Waals surface area contributed by atoms with E-state index >= 15 is 0 Å². The Hall–Kier alpha value is -1.99. The zero-order chi connectivity index (χ0) is 14.9. The van der Waals surface area contributed by atoms with Crippen molar-refractivity contribution < 1.29 is 13.7 Å². The minimum Gasteiger partial charge on any atom is -0.344 e. The maximum Gasteiger partial charge on any atom is 0.316 e. The standard InChI is InChI=1S/C14H15FN4O2.ClH/c15-10-4-2-9(3-5-10)8-17-11(20)12-18-13(19-21-12)14(16)6-1-7-14;/h2-5H,1,6-8,16H2,(H,17,20);1H. The smallest absolute Gasteiger partial charge is 0.316 e. The van der Waals surface area contributed by atoms with Crippen LogP contribution >= 0.6 is 12.4 Å². The molecule has 2 aromatic rings. The van der Waals surface area contributed by atoms with E-state index in [4.69, 9.17) is 10.3 Å². The lowest BCUT2D eigenvalue weighted by Crippen LogP contribution is -2.44. The van der Waals surface area contributed by atoms with Gasteiger partial charge in [-0.05, 0) is 37.0 Å². The fourth-order valence-electron chi connectivity index (χ4n) is 2.16. The second kappa shape index (κ2) is 6.41. The first kappa shape index (κ1) is 16.4. The third kappa shape index (κ3) is 3.26. The molecule has 0 aliphatic heterocycles. The van der Waals surface area contributed by atoms with Crippen LogP contribution in [0.1, 0.15) is 41.3 Å². The van der Waals surface area contributed by atoms with Crippen LogP contribution in [0.25, 0.3) is 0 Å². The summed E-state index contributed by atoms with van der Waals surface area (Å²) in [5.74, 6) is -0.522. The Labute approximate surface area is 132 Å². The minimum atomic E-state index is -0.557. The van der Waals surface area contributed by atoms with Crippen molar-refractivity contribution in [1.29, 1.82) is 0 Å². The van der Waals surface area contributed by atoms with E-state index in [1.807, 2.05) is 0 Å². The molecule has 1 amide bonds. The highest BCUT2D eigenvalue weighted by Gasteiger charge is 2.39.